The number of carbonyl (C=O) groups is 4. The predicted molar refractivity (Wildman–Crippen MR) is 268 cm³/mol. The second-order valence-corrected chi connectivity index (χ2v) is 20.6. The first kappa shape index (κ1) is 49.8. The lowest BCUT2D eigenvalue weighted by atomic mass is 9.85. The van der Waals surface area contributed by atoms with E-state index in [-0.39, 0.29) is 66.2 Å². The normalized spacial score (nSPS) is 25.8. The van der Waals surface area contributed by atoms with E-state index in [1.807, 2.05) is 64.3 Å². The minimum absolute atomic E-state index is 0.0391. The SMILES string of the molecule is CC[C@H](C)N(C(=O)[C@@H](NC(=O)OC)C1C[C@@H](C)O[C@H](C)C1)[C@@H](C)c1ncc(-c2ccc3c(c2)COc2cc4c(ccc5[nH]c([C@@H]6CC[C@H](C)N6C(=O)[C@@H](NC(=O)OC)C6C[C@@H](C)O[C@H](C)C6)nc54)cc2-3)[nH]1. The van der Waals surface area contributed by atoms with Crippen LogP contribution in [0.15, 0.2) is 48.7 Å². The maximum atomic E-state index is 14.6. The molecule has 0 spiro atoms. The highest BCUT2D eigenvalue weighted by molar-refractivity contribution is 6.07. The van der Waals surface area contributed by atoms with Crippen molar-refractivity contribution in [3.8, 4) is 28.1 Å². The number of carbonyl (C=O) groups excluding carboxylic acids is 4. The number of methoxy groups -OCH3 is 2. The molecular weight excluding hydrogens is 905 g/mol. The molecule has 4 N–H and O–H groups in total. The lowest BCUT2D eigenvalue weighted by Gasteiger charge is -2.41. The molecular formula is C54H70N8O9. The smallest absolute Gasteiger partial charge is 0.407 e. The molecule has 0 unspecified atom stereocenters. The van der Waals surface area contributed by atoms with Gasteiger partial charge in [0.25, 0.3) is 0 Å². The fourth-order valence-electron chi connectivity index (χ4n) is 12.0. The van der Waals surface area contributed by atoms with E-state index >= 15 is 0 Å². The number of amides is 4. The second-order valence-electron chi connectivity index (χ2n) is 20.6. The van der Waals surface area contributed by atoms with E-state index in [9.17, 15) is 19.2 Å². The van der Waals surface area contributed by atoms with Crippen molar-refractivity contribution in [2.24, 2.45) is 11.8 Å². The zero-order valence-corrected chi connectivity index (χ0v) is 42.7. The number of imidazole rings is 2. The van der Waals surface area contributed by atoms with E-state index in [1.54, 1.807) is 6.20 Å². The highest BCUT2D eigenvalue weighted by atomic mass is 16.5. The molecule has 3 saturated heterocycles. The molecule has 380 valence electrons. The number of fused-ring (bicyclic) bond motifs is 6. The number of nitrogens with one attached hydrogen (secondary N) is 4. The van der Waals surface area contributed by atoms with Crippen LogP contribution in [0.2, 0.25) is 0 Å². The lowest BCUT2D eigenvalue weighted by Crippen LogP contribution is -2.56. The Kier molecular flexibility index (Phi) is 14.4. The predicted octanol–water partition coefficient (Wildman–Crippen LogP) is 9.26. The highest BCUT2D eigenvalue weighted by Crippen LogP contribution is 2.44. The minimum atomic E-state index is -0.789. The van der Waals surface area contributed by atoms with Crippen LogP contribution in [0.3, 0.4) is 0 Å². The summed E-state index contributed by atoms with van der Waals surface area (Å²) in [6, 6.07) is 12.2. The third-order valence-corrected chi connectivity index (χ3v) is 15.5. The van der Waals surface area contributed by atoms with E-state index in [0.29, 0.717) is 50.4 Å². The van der Waals surface area contributed by atoms with Crippen LogP contribution >= 0.6 is 0 Å². The van der Waals surface area contributed by atoms with Crippen LogP contribution in [0.25, 0.3) is 44.2 Å². The fourth-order valence-corrected chi connectivity index (χ4v) is 12.0. The van der Waals surface area contributed by atoms with Crippen LogP contribution in [0, 0.1) is 11.8 Å². The summed E-state index contributed by atoms with van der Waals surface area (Å²) in [6.07, 6.45) is 5.17. The van der Waals surface area contributed by atoms with Gasteiger partial charge in [0.05, 0.1) is 73.6 Å². The summed E-state index contributed by atoms with van der Waals surface area (Å²) in [7, 11) is 2.63. The Hall–Kier alpha value is -6.20. The van der Waals surface area contributed by atoms with E-state index in [4.69, 9.17) is 33.7 Å². The molecule has 4 aliphatic heterocycles. The van der Waals surface area contributed by atoms with Gasteiger partial charge in [0.15, 0.2) is 0 Å². The molecule has 2 aromatic heterocycles. The van der Waals surface area contributed by atoms with Gasteiger partial charge in [-0.15, -0.1) is 0 Å². The maximum absolute atomic E-state index is 14.6. The quantitative estimate of drug-likeness (QED) is 0.0928. The number of H-pyrrole nitrogens is 2. The molecule has 4 aliphatic rings. The Balaban J connectivity index is 0.959. The molecule has 0 radical (unpaired) electrons. The number of rotatable bonds is 12. The molecule has 0 aliphatic carbocycles. The Bertz CT molecular complexity index is 2770. The minimum Gasteiger partial charge on any atom is -0.488 e. The summed E-state index contributed by atoms with van der Waals surface area (Å²) in [6.45, 7) is 16.5. The zero-order chi connectivity index (χ0) is 50.4. The number of aromatic amines is 2. The molecule has 4 amide bonds. The van der Waals surface area contributed by atoms with Crippen LogP contribution in [0.4, 0.5) is 9.59 Å². The number of aromatic nitrogens is 4. The number of likely N-dealkylation sites (tertiary alicyclic amines) is 1. The fraction of sp³-hybridized carbons (Fsp3) is 0.556. The van der Waals surface area contributed by atoms with Crippen molar-refractivity contribution in [2.45, 2.75) is 168 Å². The monoisotopic (exact) mass is 975 g/mol. The van der Waals surface area contributed by atoms with Gasteiger partial charge in [-0.1, -0.05) is 25.1 Å². The topological polar surface area (TPSA) is 202 Å². The molecule has 5 aromatic rings. The average Bonchev–Trinajstić information content (AvgIpc) is 4.12. The molecule has 10 atom stereocenters. The van der Waals surface area contributed by atoms with Crippen LogP contribution in [0.1, 0.15) is 130 Å². The van der Waals surface area contributed by atoms with E-state index in [1.165, 1.54) is 14.2 Å². The van der Waals surface area contributed by atoms with E-state index in [0.717, 1.165) is 68.3 Å². The van der Waals surface area contributed by atoms with Gasteiger partial charge in [0, 0.05) is 23.0 Å². The number of benzene rings is 3. The summed E-state index contributed by atoms with van der Waals surface area (Å²) in [5.41, 5.74) is 6.48. The molecule has 17 nitrogen and oxygen atoms in total. The standard InChI is InChI=1S/C54H70N8O9/c1-11-27(2)61(51(63)46(59-53(65)67-9)36-18-29(4)70-30(5)19-36)33(8)49-55-25-43(57-49)35-13-15-39-38(22-35)26-69-45-24-40-34(23-41(39)45)14-16-42-48(40)58-50(56-42)44-17-12-28(3)62(44)52(64)47(60-54(66)68-10)37-20-31(6)71-32(7)21-37/h13-16,22-25,27-33,36-37,44,46-47H,11-12,17-21,26H2,1-10H3,(H,55,57)(H,56,58)(H,59,65)(H,60,66)/t27-,28-,29+,30+,31+,32+,33-,44-,46-,47-/m0/s1. The van der Waals surface area contributed by atoms with Gasteiger partial charge in [-0.2, -0.15) is 0 Å². The van der Waals surface area contributed by atoms with Gasteiger partial charge >= 0.3 is 12.2 Å². The summed E-state index contributed by atoms with van der Waals surface area (Å²) < 4.78 is 28.5. The largest absolute Gasteiger partial charge is 0.488 e. The first-order chi connectivity index (χ1) is 34.0. The van der Waals surface area contributed by atoms with Gasteiger partial charge in [-0.05, 0) is 152 Å². The summed E-state index contributed by atoms with van der Waals surface area (Å²) in [5, 5.41) is 7.73. The molecule has 0 bridgehead atoms. The van der Waals surface area contributed by atoms with Gasteiger partial charge in [0.2, 0.25) is 11.8 Å². The maximum Gasteiger partial charge on any atom is 0.407 e. The molecule has 0 saturated carbocycles. The number of hydrogen-bond acceptors (Lipinski definition) is 11. The Morgan fingerprint density at radius 3 is 2.11 bits per heavy atom. The van der Waals surface area contributed by atoms with Crippen molar-refractivity contribution < 1.29 is 42.9 Å². The van der Waals surface area contributed by atoms with Crippen LogP contribution in [0.5, 0.6) is 5.75 Å². The van der Waals surface area contributed by atoms with Gasteiger partial charge in [-0.3, -0.25) is 9.59 Å². The van der Waals surface area contributed by atoms with E-state index in [2.05, 4.69) is 63.9 Å². The number of alkyl carbamates (subject to hydrolysis) is 2. The van der Waals surface area contributed by atoms with Crippen molar-refractivity contribution in [3.05, 3.63) is 65.9 Å². The first-order valence-corrected chi connectivity index (χ1v) is 25.5. The van der Waals surface area contributed by atoms with Crippen molar-refractivity contribution >= 4 is 45.8 Å². The van der Waals surface area contributed by atoms with Crippen molar-refractivity contribution in [1.29, 1.82) is 0 Å². The Morgan fingerprint density at radius 2 is 1.46 bits per heavy atom. The summed E-state index contributed by atoms with van der Waals surface area (Å²) in [5.74, 6) is 1.56. The lowest BCUT2D eigenvalue weighted by molar-refractivity contribution is -0.142. The molecule has 17 heteroatoms. The molecule has 71 heavy (non-hydrogen) atoms. The zero-order valence-electron chi connectivity index (χ0n) is 42.7. The van der Waals surface area contributed by atoms with Gasteiger partial charge in [-0.25, -0.2) is 19.6 Å². The molecule has 3 fully saturated rings. The number of nitrogens with zero attached hydrogens (tertiary/aromatic N) is 4. The second kappa shape index (κ2) is 20.5. The average molecular weight is 975 g/mol. The van der Waals surface area contributed by atoms with Crippen molar-refractivity contribution in [1.82, 2.24) is 40.4 Å². The highest BCUT2D eigenvalue weighted by Gasteiger charge is 2.45. The van der Waals surface area contributed by atoms with Crippen molar-refractivity contribution in [3.63, 3.8) is 0 Å². The number of ether oxygens (including phenoxy) is 5. The van der Waals surface area contributed by atoms with Crippen molar-refractivity contribution in [2.75, 3.05) is 14.2 Å². The Labute approximate surface area is 415 Å². The molecule has 3 aromatic carbocycles. The summed E-state index contributed by atoms with van der Waals surface area (Å²) in [4.78, 5) is 75.5. The Morgan fingerprint density at radius 1 is 0.817 bits per heavy atom. The molecule has 9 rings (SSSR count). The van der Waals surface area contributed by atoms with Gasteiger partial charge < -0.3 is 54.1 Å². The van der Waals surface area contributed by atoms with Crippen LogP contribution < -0.4 is 15.4 Å². The number of hydrogen-bond donors (Lipinski definition) is 4. The van der Waals surface area contributed by atoms with Crippen LogP contribution in [-0.2, 0) is 35.1 Å². The summed E-state index contributed by atoms with van der Waals surface area (Å²) >= 11 is 0. The first-order valence-electron chi connectivity index (χ1n) is 25.5. The van der Waals surface area contributed by atoms with E-state index < -0.39 is 30.3 Å². The molecule has 6 heterocycles. The van der Waals surface area contributed by atoms with Gasteiger partial charge in [0.1, 0.15) is 36.1 Å². The third-order valence-electron chi connectivity index (χ3n) is 15.5. The third kappa shape index (κ3) is 9.91. The van der Waals surface area contributed by atoms with Crippen LogP contribution in [-0.4, -0.2) is 117 Å².